The van der Waals surface area contributed by atoms with E-state index in [-0.39, 0.29) is 18.2 Å². The largest absolute Gasteiger partial charge is 0.369 e. The number of rotatable bonds is 7. The molecule has 0 radical (unpaired) electrons. The molecular formula is C22H24N2O3. The van der Waals surface area contributed by atoms with Crippen LogP contribution in [0.3, 0.4) is 0 Å². The summed E-state index contributed by atoms with van der Waals surface area (Å²) in [6.45, 7) is 1.36. The zero-order chi connectivity index (χ0) is 18.5. The first kappa shape index (κ1) is 17.9. The highest BCUT2D eigenvalue weighted by Crippen LogP contribution is 2.34. The van der Waals surface area contributed by atoms with Crippen LogP contribution in [0.4, 0.5) is 0 Å². The first-order valence-corrected chi connectivity index (χ1v) is 9.21. The number of hydroxylamine groups is 2. The van der Waals surface area contributed by atoms with Crippen molar-refractivity contribution in [3.63, 3.8) is 0 Å². The molecule has 0 aliphatic carbocycles. The number of aromatic amines is 1. The van der Waals surface area contributed by atoms with Crippen molar-refractivity contribution in [2.45, 2.75) is 31.5 Å². The van der Waals surface area contributed by atoms with Crippen molar-refractivity contribution >= 4 is 0 Å². The zero-order valence-electron chi connectivity index (χ0n) is 15.1. The van der Waals surface area contributed by atoms with Gasteiger partial charge in [-0.1, -0.05) is 60.7 Å². The molecule has 0 saturated carbocycles. The molecule has 2 heterocycles. The molecule has 1 unspecified atom stereocenters. The summed E-state index contributed by atoms with van der Waals surface area (Å²) in [4.78, 5) is 3.19. The van der Waals surface area contributed by atoms with Crippen molar-refractivity contribution < 1.29 is 14.7 Å². The summed E-state index contributed by atoms with van der Waals surface area (Å²) in [5.41, 5.74) is 3.12. The van der Waals surface area contributed by atoms with Crippen LogP contribution in [0.15, 0.2) is 79.0 Å². The Morgan fingerprint density at radius 1 is 0.852 bits per heavy atom. The average Bonchev–Trinajstić information content (AvgIpc) is 3.34. The highest BCUT2D eigenvalue weighted by molar-refractivity contribution is 5.17. The van der Waals surface area contributed by atoms with Crippen LogP contribution in [0, 0.1) is 0 Å². The first-order valence-electron chi connectivity index (χ1n) is 9.21. The van der Waals surface area contributed by atoms with Crippen LogP contribution in [0.25, 0.3) is 0 Å². The predicted octanol–water partition coefficient (Wildman–Crippen LogP) is 3.93. The Kier molecular flexibility index (Phi) is 5.65. The molecule has 3 atom stereocenters. The van der Waals surface area contributed by atoms with E-state index in [1.165, 1.54) is 5.06 Å². The van der Waals surface area contributed by atoms with Gasteiger partial charge in [-0.15, -0.1) is 0 Å². The van der Waals surface area contributed by atoms with Crippen LogP contribution >= 0.6 is 0 Å². The second-order valence-electron chi connectivity index (χ2n) is 6.79. The minimum absolute atomic E-state index is 0.229. The van der Waals surface area contributed by atoms with Crippen molar-refractivity contribution in [1.29, 1.82) is 0 Å². The number of benzene rings is 2. The molecular weight excluding hydrogens is 340 g/mol. The summed E-state index contributed by atoms with van der Waals surface area (Å²) in [7, 11) is 0. The van der Waals surface area contributed by atoms with Crippen molar-refractivity contribution in [2.24, 2.45) is 0 Å². The van der Waals surface area contributed by atoms with Crippen LogP contribution in [-0.4, -0.2) is 34.0 Å². The van der Waals surface area contributed by atoms with E-state index in [4.69, 9.17) is 9.47 Å². The third-order valence-corrected chi connectivity index (χ3v) is 4.90. The average molecular weight is 364 g/mol. The van der Waals surface area contributed by atoms with Gasteiger partial charge in [0.25, 0.3) is 0 Å². The number of H-pyrrole nitrogens is 1. The predicted molar refractivity (Wildman–Crippen MR) is 102 cm³/mol. The minimum Gasteiger partial charge on any atom is -0.369 e. The maximum Gasteiger partial charge on any atom is 0.109 e. The van der Waals surface area contributed by atoms with Crippen LogP contribution in [-0.2, 0) is 22.7 Å². The van der Waals surface area contributed by atoms with E-state index in [1.807, 2.05) is 79.0 Å². The Morgan fingerprint density at radius 3 is 2.07 bits per heavy atom. The lowest BCUT2D eigenvalue weighted by molar-refractivity contribution is -0.127. The smallest absolute Gasteiger partial charge is 0.109 e. The van der Waals surface area contributed by atoms with Gasteiger partial charge in [0.05, 0.1) is 19.8 Å². The van der Waals surface area contributed by atoms with E-state index in [9.17, 15) is 5.21 Å². The molecule has 1 aliphatic rings. The third kappa shape index (κ3) is 4.28. The highest BCUT2D eigenvalue weighted by atomic mass is 16.6. The fraction of sp³-hybridized carbons (Fsp3) is 0.273. The SMILES string of the molecule is ON1C[C@@H](OCc2ccccc2)[C@H](OCc2ccccc2)C1c1ccc[nH]1. The molecule has 3 aromatic rings. The van der Waals surface area contributed by atoms with E-state index in [0.717, 1.165) is 16.8 Å². The van der Waals surface area contributed by atoms with E-state index in [2.05, 4.69) is 4.98 Å². The molecule has 140 valence electrons. The standard InChI is InChI=1S/C22H24N2O3/c25-24-14-20(26-15-17-8-3-1-4-9-17)22(21(24)19-12-7-13-23-19)27-16-18-10-5-2-6-11-18/h1-13,20-23,25H,14-16H2/t20-,21?,22+/m1/s1. The molecule has 5 nitrogen and oxygen atoms in total. The number of hydrogen-bond donors (Lipinski definition) is 2. The van der Waals surface area contributed by atoms with E-state index < -0.39 is 0 Å². The van der Waals surface area contributed by atoms with E-state index in [1.54, 1.807) is 0 Å². The van der Waals surface area contributed by atoms with Crippen molar-refractivity contribution in [3.8, 4) is 0 Å². The first-order chi connectivity index (χ1) is 13.3. The third-order valence-electron chi connectivity index (χ3n) is 4.90. The van der Waals surface area contributed by atoms with Gasteiger partial charge in [0.1, 0.15) is 18.2 Å². The van der Waals surface area contributed by atoms with Gasteiger partial charge in [-0.3, -0.25) is 0 Å². The summed E-state index contributed by atoms with van der Waals surface area (Å²) in [6.07, 6.45) is 1.35. The zero-order valence-corrected chi connectivity index (χ0v) is 15.1. The number of aromatic nitrogens is 1. The fourth-order valence-electron chi connectivity index (χ4n) is 3.53. The van der Waals surface area contributed by atoms with Gasteiger partial charge in [0, 0.05) is 11.9 Å². The molecule has 0 spiro atoms. The molecule has 2 aromatic carbocycles. The quantitative estimate of drug-likeness (QED) is 0.667. The summed E-state index contributed by atoms with van der Waals surface area (Å²) in [6, 6.07) is 23.7. The van der Waals surface area contributed by atoms with Gasteiger partial charge >= 0.3 is 0 Å². The summed E-state index contributed by atoms with van der Waals surface area (Å²) in [5.74, 6) is 0. The van der Waals surface area contributed by atoms with Crippen molar-refractivity contribution in [2.75, 3.05) is 6.54 Å². The molecule has 5 heteroatoms. The highest BCUT2D eigenvalue weighted by Gasteiger charge is 2.44. The normalized spacial score (nSPS) is 22.9. The summed E-state index contributed by atoms with van der Waals surface area (Å²) in [5, 5.41) is 11.9. The molecule has 4 rings (SSSR count). The van der Waals surface area contributed by atoms with Gasteiger partial charge in [-0.25, -0.2) is 0 Å². The Morgan fingerprint density at radius 2 is 1.48 bits per heavy atom. The monoisotopic (exact) mass is 364 g/mol. The molecule has 1 aliphatic heterocycles. The molecule has 1 saturated heterocycles. The summed E-state index contributed by atoms with van der Waals surface area (Å²) < 4.78 is 12.4. The lowest BCUT2D eigenvalue weighted by Crippen LogP contribution is -2.32. The lowest BCUT2D eigenvalue weighted by atomic mass is 10.1. The number of hydrogen-bond acceptors (Lipinski definition) is 4. The number of nitrogens with one attached hydrogen (secondary N) is 1. The topological polar surface area (TPSA) is 57.7 Å². The number of nitrogens with zero attached hydrogens (tertiary/aromatic N) is 1. The Balaban J connectivity index is 1.49. The van der Waals surface area contributed by atoms with Gasteiger partial charge in [-0.05, 0) is 23.3 Å². The van der Waals surface area contributed by atoms with Gasteiger partial charge in [0.2, 0.25) is 0 Å². The maximum absolute atomic E-state index is 10.5. The fourth-order valence-corrected chi connectivity index (χ4v) is 3.53. The van der Waals surface area contributed by atoms with Crippen LogP contribution in [0.2, 0.25) is 0 Å². The van der Waals surface area contributed by atoms with Gasteiger partial charge in [0.15, 0.2) is 0 Å². The van der Waals surface area contributed by atoms with Crippen LogP contribution in [0.5, 0.6) is 0 Å². The van der Waals surface area contributed by atoms with Gasteiger partial charge in [-0.2, -0.15) is 5.06 Å². The van der Waals surface area contributed by atoms with Gasteiger partial charge < -0.3 is 19.7 Å². The second kappa shape index (κ2) is 8.50. The second-order valence-corrected chi connectivity index (χ2v) is 6.79. The lowest BCUT2D eigenvalue weighted by Gasteiger charge is -2.25. The molecule has 1 fully saturated rings. The summed E-state index contributed by atoms with van der Waals surface area (Å²) >= 11 is 0. The minimum atomic E-state index is -0.288. The van der Waals surface area contributed by atoms with Crippen LogP contribution < -0.4 is 0 Å². The van der Waals surface area contributed by atoms with E-state index >= 15 is 0 Å². The Hall–Kier alpha value is -2.44. The molecule has 27 heavy (non-hydrogen) atoms. The molecule has 2 N–H and O–H groups in total. The Labute approximate surface area is 159 Å². The molecule has 1 aromatic heterocycles. The van der Waals surface area contributed by atoms with Crippen molar-refractivity contribution in [1.82, 2.24) is 10.0 Å². The number of ether oxygens (including phenoxy) is 2. The molecule has 0 bridgehead atoms. The molecule has 0 amide bonds. The maximum atomic E-state index is 10.5. The van der Waals surface area contributed by atoms with Crippen molar-refractivity contribution in [3.05, 3.63) is 95.8 Å². The van der Waals surface area contributed by atoms with Crippen LogP contribution in [0.1, 0.15) is 22.9 Å². The van der Waals surface area contributed by atoms with E-state index in [0.29, 0.717) is 19.8 Å². The Bertz CT molecular complexity index is 808.